The number of carbonyl (C=O) groups is 1. The van der Waals surface area contributed by atoms with Crippen molar-refractivity contribution in [1.82, 2.24) is 10.6 Å². The Morgan fingerprint density at radius 3 is 2.47 bits per heavy atom. The number of rotatable bonds is 9. The molecule has 6 heteroatoms. The van der Waals surface area contributed by atoms with Gasteiger partial charge in [-0.1, -0.05) is 20.8 Å². The molecule has 0 unspecified atom stereocenters. The molecule has 2 N–H and O–H groups in total. The van der Waals surface area contributed by atoms with Crippen molar-refractivity contribution < 1.29 is 42.2 Å². The molecule has 0 aliphatic rings. The van der Waals surface area contributed by atoms with Gasteiger partial charge in [0.1, 0.15) is 6.61 Å². The Balaban J connectivity index is -0.000000616. The molecule has 0 rings (SSSR count). The summed E-state index contributed by atoms with van der Waals surface area (Å²) in [4.78, 5) is 11.1. The molecule has 0 atom stereocenters. The minimum Gasteiger partial charge on any atom is -0.664 e. The zero-order chi connectivity index (χ0) is 12.6. The van der Waals surface area contributed by atoms with Crippen molar-refractivity contribution in [3.63, 3.8) is 0 Å². The van der Waals surface area contributed by atoms with Gasteiger partial charge in [0, 0.05) is 39.3 Å². The number of carbonyl (C=O) groups excluding carboxylic acids is 1. The molecule has 0 spiro atoms. The van der Waals surface area contributed by atoms with Gasteiger partial charge in [-0.15, -0.1) is 6.54 Å². The summed E-state index contributed by atoms with van der Waals surface area (Å²) in [5, 5.41) is 9.66. The minimum atomic E-state index is -0.0786. The van der Waals surface area contributed by atoms with Crippen LogP contribution in [0.2, 0.25) is 0 Å². The molecule has 0 aliphatic heterocycles. The molecule has 0 saturated carbocycles. The van der Waals surface area contributed by atoms with E-state index in [0.717, 1.165) is 13.1 Å². The van der Waals surface area contributed by atoms with Gasteiger partial charge in [-0.05, 0) is 13.1 Å². The van der Waals surface area contributed by atoms with Gasteiger partial charge in [0.05, 0.1) is 6.61 Å². The molecule has 0 fully saturated rings. The number of ether oxygens (including phenoxy) is 1. The average Bonchev–Trinajstić information content (AvgIpc) is 2.32. The summed E-state index contributed by atoms with van der Waals surface area (Å²) in [6.07, 6.45) is 0. The fraction of sp³-hybridized carbons (Fsp3) is 0.909. The van der Waals surface area contributed by atoms with E-state index in [9.17, 15) is 4.79 Å². The van der Waals surface area contributed by atoms with Crippen LogP contribution in [-0.2, 0) is 42.2 Å². The van der Waals surface area contributed by atoms with E-state index in [2.05, 4.69) is 16.0 Å². The molecule has 0 aliphatic carbocycles. The average molecular weight is 321 g/mol. The Labute approximate surface area is 131 Å². The molecular formula is C11H26N3O2Y-. The number of hydrogen-bond acceptors (Lipinski definition) is 3. The molecular weight excluding hydrogens is 295 g/mol. The van der Waals surface area contributed by atoms with E-state index >= 15 is 0 Å². The van der Waals surface area contributed by atoms with Crippen LogP contribution in [0.25, 0.3) is 5.32 Å². The van der Waals surface area contributed by atoms with Gasteiger partial charge in [0.15, 0.2) is 0 Å². The van der Waals surface area contributed by atoms with Gasteiger partial charge in [0.2, 0.25) is 5.91 Å². The summed E-state index contributed by atoms with van der Waals surface area (Å²) < 4.78 is 5.12. The van der Waals surface area contributed by atoms with E-state index in [1.165, 1.54) is 0 Å². The maximum atomic E-state index is 11.1. The van der Waals surface area contributed by atoms with Gasteiger partial charge in [-0.25, -0.2) is 0 Å². The van der Waals surface area contributed by atoms with E-state index in [-0.39, 0.29) is 45.2 Å². The normalized spacial score (nSPS) is 8.71. The van der Waals surface area contributed by atoms with Crippen molar-refractivity contribution in [1.29, 1.82) is 0 Å². The van der Waals surface area contributed by atoms with Crippen LogP contribution in [0.5, 0.6) is 0 Å². The molecule has 0 bridgehead atoms. The molecule has 0 aromatic carbocycles. The zero-order valence-corrected chi connectivity index (χ0v) is 14.4. The molecule has 17 heavy (non-hydrogen) atoms. The number of nitrogens with zero attached hydrogens (tertiary/aromatic N) is 1. The van der Waals surface area contributed by atoms with Crippen LogP contribution >= 0.6 is 0 Å². The van der Waals surface area contributed by atoms with Crippen LogP contribution in [0, 0.1) is 0 Å². The SMILES string of the molecule is CC.CCNCCOCC(=O)NCC[N-]C.[Y]. The quantitative estimate of drug-likeness (QED) is 0.616. The number of likely N-dealkylation sites (N-methyl/N-ethyl adjacent to an activating group) is 2. The summed E-state index contributed by atoms with van der Waals surface area (Å²) in [6, 6.07) is 0. The Morgan fingerprint density at radius 2 is 1.94 bits per heavy atom. The van der Waals surface area contributed by atoms with E-state index in [1.807, 2.05) is 20.8 Å². The third-order valence-corrected chi connectivity index (χ3v) is 1.56. The summed E-state index contributed by atoms with van der Waals surface area (Å²) in [6.45, 7) is 9.69. The second kappa shape index (κ2) is 21.7. The van der Waals surface area contributed by atoms with Crippen LogP contribution in [0.1, 0.15) is 20.8 Å². The maximum Gasteiger partial charge on any atom is 0.245 e. The van der Waals surface area contributed by atoms with E-state index in [1.54, 1.807) is 7.05 Å². The minimum absolute atomic E-state index is 0. The van der Waals surface area contributed by atoms with Crippen LogP contribution in [-0.4, -0.2) is 52.3 Å². The Kier molecular flexibility index (Phi) is 28.9. The standard InChI is InChI=1S/C9H20N3O2.C2H6.Y/c1-3-11-6-7-14-8-9(13)12-5-4-10-2;1-2;/h11H,3-8H2,1-2H3,(H,12,13);1-2H3;/q-1;;. The van der Waals surface area contributed by atoms with E-state index < -0.39 is 0 Å². The number of nitrogens with one attached hydrogen (secondary N) is 2. The van der Waals surface area contributed by atoms with Crippen molar-refractivity contribution in [2.24, 2.45) is 0 Å². The molecule has 0 aromatic heterocycles. The predicted octanol–water partition coefficient (Wildman–Crippen LogP) is 0.756. The van der Waals surface area contributed by atoms with Crippen LogP contribution in [0.15, 0.2) is 0 Å². The second-order valence-corrected chi connectivity index (χ2v) is 2.80. The molecule has 0 saturated heterocycles. The zero-order valence-electron chi connectivity index (χ0n) is 11.6. The van der Waals surface area contributed by atoms with Gasteiger partial charge in [-0.2, -0.15) is 7.05 Å². The van der Waals surface area contributed by atoms with Gasteiger partial charge >= 0.3 is 0 Å². The van der Waals surface area contributed by atoms with E-state index in [0.29, 0.717) is 19.7 Å². The smallest absolute Gasteiger partial charge is 0.245 e. The first-order valence-electron chi connectivity index (χ1n) is 5.92. The largest absolute Gasteiger partial charge is 0.664 e. The third kappa shape index (κ3) is 22.2. The molecule has 0 aromatic rings. The number of hydrogen-bond donors (Lipinski definition) is 2. The molecule has 101 valence electrons. The summed E-state index contributed by atoms with van der Waals surface area (Å²) in [5.74, 6) is -0.0786. The number of amides is 1. The van der Waals surface area contributed by atoms with Crippen LogP contribution < -0.4 is 10.6 Å². The monoisotopic (exact) mass is 321 g/mol. The van der Waals surface area contributed by atoms with E-state index in [4.69, 9.17) is 4.74 Å². The fourth-order valence-electron chi connectivity index (χ4n) is 0.844. The Morgan fingerprint density at radius 1 is 1.29 bits per heavy atom. The predicted molar refractivity (Wildman–Crippen MR) is 67.9 cm³/mol. The summed E-state index contributed by atoms with van der Waals surface area (Å²) >= 11 is 0. The van der Waals surface area contributed by atoms with Crippen molar-refractivity contribution in [2.75, 3.05) is 46.4 Å². The van der Waals surface area contributed by atoms with Crippen molar-refractivity contribution >= 4 is 5.91 Å². The maximum absolute atomic E-state index is 11.1. The summed E-state index contributed by atoms with van der Waals surface area (Å²) in [5.41, 5.74) is 0. The first-order chi connectivity index (χ1) is 7.81. The Bertz CT molecular complexity index is 149. The van der Waals surface area contributed by atoms with Crippen molar-refractivity contribution in [3.8, 4) is 0 Å². The second-order valence-electron chi connectivity index (χ2n) is 2.80. The van der Waals surface area contributed by atoms with Gasteiger partial charge < -0.3 is 20.7 Å². The fourth-order valence-corrected chi connectivity index (χ4v) is 0.844. The van der Waals surface area contributed by atoms with Gasteiger partial charge in [0.25, 0.3) is 0 Å². The first kappa shape index (κ1) is 22.6. The molecule has 0 heterocycles. The molecule has 1 radical (unpaired) electrons. The molecule has 5 nitrogen and oxygen atoms in total. The van der Waals surface area contributed by atoms with Crippen LogP contribution in [0.3, 0.4) is 0 Å². The topological polar surface area (TPSA) is 64.5 Å². The van der Waals surface area contributed by atoms with Crippen molar-refractivity contribution in [2.45, 2.75) is 20.8 Å². The first-order valence-corrected chi connectivity index (χ1v) is 5.92. The molecule has 1 amide bonds. The third-order valence-electron chi connectivity index (χ3n) is 1.56. The van der Waals surface area contributed by atoms with Crippen molar-refractivity contribution in [3.05, 3.63) is 5.32 Å². The Hall–Kier alpha value is 0.454. The summed E-state index contributed by atoms with van der Waals surface area (Å²) in [7, 11) is 1.72. The van der Waals surface area contributed by atoms with Crippen LogP contribution in [0.4, 0.5) is 0 Å². The van der Waals surface area contributed by atoms with Gasteiger partial charge in [-0.3, -0.25) is 4.79 Å².